The van der Waals surface area contributed by atoms with Crippen molar-refractivity contribution in [1.82, 2.24) is 5.32 Å². The molecule has 1 aliphatic carbocycles. The molecule has 0 bridgehead atoms. The lowest BCUT2D eigenvalue weighted by atomic mass is 9.92. The Kier molecular flexibility index (Phi) is 3.71. The molecule has 78 valence electrons. The molecule has 3 N–H and O–H groups in total. The number of hydrogen-bond donors (Lipinski definition) is 3. The highest BCUT2D eigenvalue weighted by Gasteiger charge is 2.32. The lowest BCUT2D eigenvalue weighted by molar-refractivity contribution is -0.00556. The minimum atomic E-state index is -0.683. The molecule has 0 aromatic heterocycles. The molecule has 0 radical (unpaired) electrons. The summed E-state index contributed by atoms with van der Waals surface area (Å²) in [6, 6.07) is 0. The van der Waals surface area contributed by atoms with Crippen LogP contribution in [0.5, 0.6) is 0 Å². The highest BCUT2D eigenvalue weighted by atomic mass is 16.3. The van der Waals surface area contributed by atoms with E-state index in [1.807, 2.05) is 6.92 Å². The maximum Gasteiger partial charge on any atom is 0.0691 e. The Balaban J connectivity index is 2.22. The highest BCUT2D eigenvalue weighted by molar-refractivity contribution is 4.85. The zero-order valence-corrected chi connectivity index (χ0v) is 8.58. The summed E-state index contributed by atoms with van der Waals surface area (Å²) >= 11 is 0. The van der Waals surface area contributed by atoms with Gasteiger partial charge in [-0.1, -0.05) is 12.8 Å². The van der Waals surface area contributed by atoms with E-state index in [2.05, 4.69) is 5.32 Å². The molecule has 1 fully saturated rings. The summed E-state index contributed by atoms with van der Waals surface area (Å²) in [6.45, 7) is 2.38. The van der Waals surface area contributed by atoms with Crippen LogP contribution in [-0.4, -0.2) is 35.5 Å². The van der Waals surface area contributed by atoms with Crippen LogP contribution >= 0.6 is 0 Å². The Morgan fingerprint density at radius 3 is 2.62 bits per heavy atom. The van der Waals surface area contributed by atoms with Gasteiger partial charge in [-0.25, -0.2) is 0 Å². The van der Waals surface area contributed by atoms with Gasteiger partial charge in [-0.2, -0.15) is 0 Å². The zero-order valence-electron chi connectivity index (χ0n) is 8.58. The predicted octanol–water partition coefficient (Wildman–Crippen LogP) is 0.508. The van der Waals surface area contributed by atoms with Gasteiger partial charge in [0.1, 0.15) is 0 Å². The molecule has 0 aromatic carbocycles. The number of nitrogens with one attached hydrogen (secondary N) is 1. The third kappa shape index (κ3) is 4.60. The van der Waals surface area contributed by atoms with Crippen molar-refractivity contribution in [1.29, 1.82) is 0 Å². The van der Waals surface area contributed by atoms with Gasteiger partial charge in [0, 0.05) is 13.0 Å². The predicted molar refractivity (Wildman–Crippen MR) is 52.5 cm³/mol. The third-order valence-corrected chi connectivity index (χ3v) is 2.54. The maximum absolute atomic E-state index is 9.93. The number of aliphatic hydroxyl groups excluding tert-OH is 1. The number of rotatable bonds is 6. The van der Waals surface area contributed by atoms with Gasteiger partial charge in [0.25, 0.3) is 0 Å². The van der Waals surface area contributed by atoms with E-state index >= 15 is 0 Å². The van der Waals surface area contributed by atoms with Crippen molar-refractivity contribution >= 4 is 0 Å². The Morgan fingerprint density at radius 2 is 2.15 bits per heavy atom. The van der Waals surface area contributed by atoms with Crippen LogP contribution in [0, 0.1) is 5.92 Å². The first-order chi connectivity index (χ1) is 6.03. The van der Waals surface area contributed by atoms with Gasteiger partial charge in [0.2, 0.25) is 0 Å². The van der Waals surface area contributed by atoms with Crippen LogP contribution in [-0.2, 0) is 0 Å². The van der Waals surface area contributed by atoms with Crippen molar-refractivity contribution in [2.45, 2.75) is 44.3 Å². The maximum atomic E-state index is 9.93. The first-order valence-corrected chi connectivity index (χ1v) is 5.08. The normalized spacial score (nSPS) is 24.0. The number of hydrogen-bond acceptors (Lipinski definition) is 3. The second kappa shape index (κ2) is 4.40. The zero-order chi connectivity index (χ0) is 9.90. The first-order valence-electron chi connectivity index (χ1n) is 5.08. The molecule has 0 saturated heterocycles. The lowest BCUT2D eigenvalue weighted by Gasteiger charge is -2.25. The summed E-state index contributed by atoms with van der Waals surface area (Å²) in [5, 5.41) is 22.3. The molecule has 1 saturated carbocycles. The molecular weight excluding hydrogens is 166 g/mol. The second-order valence-electron chi connectivity index (χ2n) is 4.56. The summed E-state index contributed by atoms with van der Waals surface area (Å²) in [7, 11) is 1.80. The monoisotopic (exact) mass is 187 g/mol. The van der Waals surface area contributed by atoms with E-state index in [-0.39, 0.29) is 0 Å². The first kappa shape index (κ1) is 11.0. The van der Waals surface area contributed by atoms with Crippen LogP contribution in [0.1, 0.15) is 32.6 Å². The van der Waals surface area contributed by atoms with Crippen LogP contribution in [0.15, 0.2) is 0 Å². The summed E-state index contributed by atoms with van der Waals surface area (Å²) in [6.07, 6.45) is 3.38. The summed E-state index contributed by atoms with van der Waals surface area (Å²) in [4.78, 5) is 0. The van der Waals surface area contributed by atoms with Gasteiger partial charge in [0.05, 0.1) is 11.7 Å². The Labute approximate surface area is 80.2 Å². The van der Waals surface area contributed by atoms with Crippen molar-refractivity contribution < 1.29 is 10.2 Å². The van der Waals surface area contributed by atoms with E-state index < -0.39 is 11.7 Å². The van der Waals surface area contributed by atoms with E-state index in [9.17, 15) is 10.2 Å². The summed E-state index contributed by atoms with van der Waals surface area (Å²) < 4.78 is 0. The van der Waals surface area contributed by atoms with Gasteiger partial charge in [-0.3, -0.25) is 0 Å². The molecule has 3 heteroatoms. The van der Waals surface area contributed by atoms with Crippen LogP contribution in [0.3, 0.4) is 0 Å². The smallest absolute Gasteiger partial charge is 0.0691 e. The van der Waals surface area contributed by atoms with Crippen LogP contribution in [0.2, 0.25) is 0 Å². The largest absolute Gasteiger partial charge is 0.392 e. The lowest BCUT2D eigenvalue weighted by Crippen LogP contribution is -2.35. The van der Waals surface area contributed by atoms with Crippen molar-refractivity contribution in [2.75, 3.05) is 13.6 Å². The van der Waals surface area contributed by atoms with Crippen molar-refractivity contribution in [3.05, 3.63) is 0 Å². The van der Waals surface area contributed by atoms with E-state index in [1.54, 1.807) is 7.05 Å². The molecule has 0 aliphatic heterocycles. The van der Waals surface area contributed by atoms with Crippen LogP contribution < -0.4 is 5.32 Å². The van der Waals surface area contributed by atoms with Crippen molar-refractivity contribution in [3.63, 3.8) is 0 Å². The third-order valence-electron chi connectivity index (χ3n) is 2.54. The van der Waals surface area contributed by atoms with E-state index in [1.165, 1.54) is 12.8 Å². The second-order valence-corrected chi connectivity index (χ2v) is 4.56. The van der Waals surface area contributed by atoms with Crippen molar-refractivity contribution in [2.24, 2.45) is 5.92 Å². The average Bonchev–Trinajstić information content (AvgIpc) is 2.69. The van der Waals surface area contributed by atoms with Crippen molar-refractivity contribution in [3.8, 4) is 0 Å². The Morgan fingerprint density at radius 1 is 1.54 bits per heavy atom. The minimum Gasteiger partial charge on any atom is -0.392 e. The standard InChI is InChI=1S/C10H21NO2/c1-10(13,5-8-3-4-8)6-9(12)7-11-2/h8-9,11-13H,3-7H2,1-2H3. The van der Waals surface area contributed by atoms with Gasteiger partial charge >= 0.3 is 0 Å². The van der Waals surface area contributed by atoms with Gasteiger partial charge in [-0.05, 0) is 26.3 Å². The Hall–Kier alpha value is -0.120. The molecule has 0 amide bonds. The molecule has 2 unspecified atom stereocenters. The van der Waals surface area contributed by atoms with Gasteiger partial charge in [-0.15, -0.1) is 0 Å². The molecule has 1 rings (SSSR count). The molecule has 3 nitrogen and oxygen atoms in total. The summed E-state index contributed by atoms with van der Waals surface area (Å²) in [5.41, 5.74) is -0.683. The molecule has 2 atom stereocenters. The molecule has 0 spiro atoms. The number of aliphatic hydroxyl groups is 2. The topological polar surface area (TPSA) is 52.5 Å². The van der Waals surface area contributed by atoms with Crippen LogP contribution in [0.4, 0.5) is 0 Å². The minimum absolute atomic E-state index is 0.432. The molecule has 0 aromatic rings. The molecule has 0 heterocycles. The van der Waals surface area contributed by atoms with Gasteiger partial charge < -0.3 is 15.5 Å². The fraction of sp³-hybridized carbons (Fsp3) is 1.00. The Bertz CT molecular complexity index is 155. The van der Waals surface area contributed by atoms with E-state index in [4.69, 9.17) is 0 Å². The number of likely N-dealkylation sites (N-methyl/N-ethyl adjacent to an activating group) is 1. The van der Waals surface area contributed by atoms with Crippen LogP contribution in [0.25, 0.3) is 0 Å². The molecule has 1 aliphatic rings. The molecular formula is C10H21NO2. The molecule has 13 heavy (non-hydrogen) atoms. The fourth-order valence-corrected chi connectivity index (χ4v) is 1.84. The van der Waals surface area contributed by atoms with E-state index in [0.717, 1.165) is 6.42 Å². The van der Waals surface area contributed by atoms with E-state index in [0.29, 0.717) is 18.9 Å². The highest BCUT2D eigenvalue weighted by Crippen LogP contribution is 2.37. The fourth-order valence-electron chi connectivity index (χ4n) is 1.84. The average molecular weight is 187 g/mol. The quantitative estimate of drug-likeness (QED) is 0.568. The van der Waals surface area contributed by atoms with Gasteiger partial charge in [0.15, 0.2) is 0 Å². The summed E-state index contributed by atoms with van der Waals surface area (Å²) in [5.74, 6) is 0.705. The SMILES string of the molecule is CNCC(O)CC(C)(O)CC1CC1.